The summed E-state index contributed by atoms with van der Waals surface area (Å²) < 4.78 is 5.61. The van der Waals surface area contributed by atoms with Crippen molar-refractivity contribution in [2.45, 2.75) is 26.9 Å². The van der Waals surface area contributed by atoms with Gasteiger partial charge in [-0.05, 0) is 37.6 Å². The summed E-state index contributed by atoms with van der Waals surface area (Å²) in [6.45, 7) is 10.6. The van der Waals surface area contributed by atoms with Crippen LogP contribution in [0.25, 0.3) is 0 Å². The maximum absolute atomic E-state index is 5.61. The van der Waals surface area contributed by atoms with E-state index < -0.39 is 0 Å². The summed E-state index contributed by atoms with van der Waals surface area (Å²) in [6, 6.07) is 6.37. The van der Waals surface area contributed by atoms with Gasteiger partial charge in [-0.3, -0.25) is 14.8 Å². The number of aryl methyl sites for hydroxylation is 2. The molecule has 3 heterocycles. The van der Waals surface area contributed by atoms with Crippen molar-refractivity contribution in [1.82, 2.24) is 14.8 Å². The molecule has 21 heavy (non-hydrogen) atoms. The van der Waals surface area contributed by atoms with Crippen molar-refractivity contribution >= 4 is 0 Å². The van der Waals surface area contributed by atoms with Crippen molar-refractivity contribution in [3.8, 4) is 0 Å². The molecule has 1 aliphatic rings. The van der Waals surface area contributed by atoms with Crippen LogP contribution in [-0.2, 0) is 13.1 Å². The predicted molar refractivity (Wildman–Crippen MR) is 83.0 cm³/mol. The highest BCUT2D eigenvalue weighted by Gasteiger charge is 2.18. The summed E-state index contributed by atoms with van der Waals surface area (Å²) in [5.41, 5.74) is 2.68. The summed E-state index contributed by atoms with van der Waals surface area (Å²) in [4.78, 5) is 9.10. The molecule has 3 rings (SSSR count). The molecule has 0 aromatic carbocycles. The second-order valence-electron chi connectivity index (χ2n) is 5.85. The molecule has 1 aliphatic heterocycles. The number of furan rings is 1. The molecule has 0 radical (unpaired) electrons. The lowest BCUT2D eigenvalue weighted by Gasteiger charge is -2.34. The van der Waals surface area contributed by atoms with Crippen LogP contribution in [0.4, 0.5) is 0 Å². The minimum absolute atomic E-state index is 1.01. The molecule has 0 amide bonds. The second-order valence-corrected chi connectivity index (χ2v) is 5.85. The van der Waals surface area contributed by atoms with E-state index in [0.717, 1.165) is 50.8 Å². The fraction of sp³-hybridized carbons (Fsp3) is 0.471. The lowest BCUT2D eigenvalue weighted by Crippen LogP contribution is -2.45. The second kappa shape index (κ2) is 6.41. The minimum atomic E-state index is 1.01. The van der Waals surface area contributed by atoms with E-state index in [1.807, 2.05) is 19.3 Å². The maximum atomic E-state index is 5.61. The molecule has 0 saturated carbocycles. The van der Waals surface area contributed by atoms with Gasteiger partial charge < -0.3 is 4.42 Å². The van der Waals surface area contributed by atoms with Crippen molar-refractivity contribution < 1.29 is 4.42 Å². The van der Waals surface area contributed by atoms with E-state index in [4.69, 9.17) is 4.42 Å². The van der Waals surface area contributed by atoms with Gasteiger partial charge in [0.1, 0.15) is 11.5 Å². The topological polar surface area (TPSA) is 32.5 Å². The minimum Gasteiger partial charge on any atom is -0.466 e. The van der Waals surface area contributed by atoms with Crippen molar-refractivity contribution in [3.05, 3.63) is 53.2 Å². The number of pyridine rings is 1. The van der Waals surface area contributed by atoms with Gasteiger partial charge in [0.15, 0.2) is 0 Å². The standard InChI is InChI=1S/C17H23N3O/c1-14-11-17(15(2)21-14)13-20-9-7-19(8-10-20)12-16-3-5-18-6-4-16/h3-6,11H,7-10,12-13H2,1-2H3. The first-order valence-corrected chi connectivity index (χ1v) is 7.60. The zero-order valence-corrected chi connectivity index (χ0v) is 12.9. The van der Waals surface area contributed by atoms with Gasteiger partial charge in [0.25, 0.3) is 0 Å². The van der Waals surface area contributed by atoms with Crippen LogP contribution in [0.3, 0.4) is 0 Å². The summed E-state index contributed by atoms with van der Waals surface area (Å²) in [6.07, 6.45) is 3.74. The third kappa shape index (κ3) is 3.71. The summed E-state index contributed by atoms with van der Waals surface area (Å²) in [5, 5.41) is 0. The van der Waals surface area contributed by atoms with E-state index in [0.29, 0.717) is 0 Å². The molecule has 1 saturated heterocycles. The van der Waals surface area contributed by atoms with Gasteiger partial charge >= 0.3 is 0 Å². The van der Waals surface area contributed by atoms with Gasteiger partial charge in [0, 0.05) is 57.2 Å². The Morgan fingerprint density at radius 3 is 2.19 bits per heavy atom. The van der Waals surface area contributed by atoms with Gasteiger partial charge in [-0.15, -0.1) is 0 Å². The summed E-state index contributed by atoms with van der Waals surface area (Å²) in [5.74, 6) is 2.07. The van der Waals surface area contributed by atoms with E-state index in [2.05, 4.69) is 39.9 Å². The lowest BCUT2D eigenvalue weighted by atomic mass is 10.2. The molecular formula is C17H23N3O. The number of aromatic nitrogens is 1. The van der Waals surface area contributed by atoms with Crippen LogP contribution in [0, 0.1) is 13.8 Å². The van der Waals surface area contributed by atoms with Crippen LogP contribution in [0.15, 0.2) is 35.0 Å². The maximum Gasteiger partial charge on any atom is 0.105 e. The van der Waals surface area contributed by atoms with Crippen LogP contribution < -0.4 is 0 Å². The lowest BCUT2D eigenvalue weighted by molar-refractivity contribution is 0.121. The third-order valence-corrected chi connectivity index (χ3v) is 4.16. The van der Waals surface area contributed by atoms with Gasteiger partial charge in [-0.1, -0.05) is 0 Å². The molecule has 4 heteroatoms. The quantitative estimate of drug-likeness (QED) is 0.864. The zero-order valence-electron chi connectivity index (χ0n) is 12.9. The molecule has 0 unspecified atom stereocenters. The first kappa shape index (κ1) is 14.3. The fourth-order valence-electron chi connectivity index (χ4n) is 2.93. The molecule has 112 valence electrons. The predicted octanol–water partition coefficient (Wildman–Crippen LogP) is 2.61. The third-order valence-electron chi connectivity index (χ3n) is 4.16. The number of rotatable bonds is 4. The Bertz CT molecular complexity index is 571. The molecule has 0 aliphatic carbocycles. The van der Waals surface area contributed by atoms with Crippen molar-refractivity contribution in [1.29, 1.82) is 0 Å². The first-order chi connectivity index (χ1) is 10.2. The average molecular weight is 285 g/mol. The molecule has 1 fully saturated rings. The Kier molecular flexibility index (Phi) is 4.36. The molecule has 0 spiro atoms. The highest BCUT2D eigenvalue weighted by molar-refractivity contribution is 5.20. The van der Waals surface area contributed by atoms with Crippen LogP contribution in [-0.4, -0.2) is 41.0 Å². The molecule has 2 aromatic heterocycles. The van der Waals surface area contributed by atoms with Gasteiger partial charge in [0.2, 0.25) is 0 Å². The van der Waals surface area contributed by atoms with Gasteiger partial charge in [-0.25, -0.2) is 0 Å². The Labute approximate surface area is 126 Å². The monoisotopic (exact) mass is 285 g/mol. The van der Waals surface area contributed by atoms with Crippen LogP contribution in [0.2, 0.25) is 0 Å². The van der Waals surface area contributed by atoms with Crippen molar-refractivity contribution in [2.24, 2.45) is 0 Å². The average Bonchev–Trinajstić information content (AvgIpc) is 2.80. The van der Waals surface area contributed by atoms with Crippen LogP contribution >= 0.6 is 0 Å². The Hall–Kier alpha value is -1.65. The van der Waals surface area contributed by atoms with Crippen LogP contribution in [0.1, 0.15) is 22.6 Å². The fourth-order valence-corrected chi connectivity index (χ4v) is 2.93. The van der Waals surface area contributed by atoms with E-state index in [9.17, 15) is 0 Å². The molecular weight excluding hydrogens is 262 g/mol. The summed E-state index contributed by atoms with van der Waals surface area (Å²) >= 11 is 0. The Morgan fingerprint density at radius 1 is 1.00 bits per heavy atom. The highest BCUT2D eigenvalue weighted by atomic mass is 16.3. The van der Waals surface area contributed by atoms with E-state index in [1.54, 1.807) is 0 Å². The van der Waals surface area contributed by atoms with E-state index in [1.165, 1.54) is 11.1 Å². The van der Waals surface area contributed by atoms with E-state index in [-0.39, 0.29) is 0 Å². The first-order valence-electron chi connectivity index (χ1n) is 7.60. The number of piperazine rings is 1. The van der Waals surface area contributed by atoms with Crippen molar-refractivity contribution in [3.63, 3.8) is 0 Å². The SMILES string of the molecule is Cc1cc(CN2CCN(Cc3ccncc3)CC2)c(C)o1. The molecule has 0 atom stereocenters. The van der Waals surface area contributed by atoms with Crippen molar-refractivity contribution in [2.75, 3.05) is 26.2 Å². The summed E-state index contributed by atoms with van der Waals surface area (Å²) in [7, 11) is 0. The smallest absolute Gasteiger partial charge is 0.105 e. The number of hydrogen-bond acceptors (Lipinski definition) is 4. The normalized spacial score (nSPS) is 17.2. The molecule has 0 N–H and O–H groups in total. The molecule has 0 bridgehead atoms. The van der Waals surface area contributed by atoms with E-state index >= 15 is 0 Å². The molecule has 2 aromatic rings. The largest absolute Gasteiger partial charge is 0.466 e. The van der Waals surface area contributed by atoms with Gasteiger partial charge in [0.05, 0.1) is 0 Å². The Balaban J connectivity index is 1.50. The highest BCUT2D eigenvalue weighted by Crippen LogP contribution is 2.17. The number of nitrogens with zero attached hydrogens (tertiary/aromatic N) is 3. The number of hydrogen-bond donors (Lipinski definition) is 0. The molecule has 4 nitrogen and oxygen atoms in total. The van der Waals surface area contributed by atoms with Gasteiger partial charge in [-0.2, -0.15) is 0 Å². The zero-order chi connectivity index (χ0) is 14.7. The van der Waals surface area contributed by atoms with Crippen LogP contribution in [0.5, 0.6) is 0 Å². The Morgan fingerprint density at radius 2 is 1.62 bits per heavy atom.